The Morgan fingerprint density at radius 2 is 1.51 bits per heavy atom. The van der Waals surface area contributed by atoms with Crippen LogP contribution < -0.4 is 10.6 Å². The Kier molecular flexibility index (Phi) is 9.00. The van der Waals surface area contributed by atoms with Crippen molar-refractivity contribution in [2.45, 2.75) is 37.3 Å². The topological polar surface area (TPSA) is 83.1 Å². The highest BCUT2D eigenvalue weighted by Crippen LogP contribution is 2.54. The van der Waals surface area contributed by atoms with Gasteiger partial charge >= 0.3 is 6.87 Å². The standard InChI is InChI=1S/C31H36ClN4O4P/c1-23-20-36(22-33-30(23)37)29-19-27(28(40-29)21-39-41(32,38)35(2)3)34-31(24-13-7-4-8-14-24,25-15-9-5-10-16-25)26-17-11-6-12-18-26/h4-18,20,27-29,34H,19,21-22H2,1-3H3,(H,33,37). The monoisotopic (exact) mass is 594 g/mol. The third-order valence-electron chi connectivity index (χ3n) is 7.64. The molecule has 3 aromatic rings. The number of halogens is 1. The Balaban J connectivity index is 1.57. The third kappa shape index (κ3) is 6.28. The van der Waals surface area contributed by atoms with Crippen LogP contribution in [0.15, 0.2) is 103 Å². The minimum Gasteiger partial charge on any atom is -0.351 e. The van der Waals surface area contributed by atoms with Crippen molar-refractivity contribution in [2.75, 3.05) is 27.4 Å². The average molecular weight is 595 g/mol. The first kappa shape index (κ1) is 29.5. The van der Waals surface area contributed by atoms with Crippen LogP contribution in [0.5, 0.6) is 0 Å². The Hall–Kier alpha value is -2.97. The Morgan fingerprint density at radius 1 is 1.00 bits per heavy atom. The molecule has 5 rings (SSSR count). The van der Waals surface area contributed by atoms with Gasteiger partial charge in [-0.2, -0.15) is 0 Å². The lowest BCUT2D eigenvalue weighted by Crippen LogP contribution is -2.53. The molecule has 2 aliphatic rings. The molecule has 216 valence electrons. The van der Waals surface area contributed by atoms with Crippen LogP contribution in [0.1, 0.15) is 30.0 Å². The van der Waals surface area contributed by atoms with Gasteiger partial charge < -0.3 is 19.5 Å². The fourth-order valence-electron chi connectivity index (χ4n) is 5.46. The molecular formula is C31H36ClN4O4P. The van der Waals surface area contributed by atoms with Crippen molar-refractivity contribution >= 4 is 24.0 Å². The van der Waals surface area contributed by atoms with E-state index < -0.39 is 18.5 Å². The van der Waals surface area contributed by atoms with E-state index in [1.807, 2.05) is 65.7 Å². The quantitative estimate of drug-likeness (QED) is 0.244. The van der Waals surface area contributed by atoms with E-state index in [-0.39, 0.29) is 24.8 Å². The molecule has 0 aliphatic carbocycles. The van der Waals surface area contributed by atoms with Crippen molar-refractivity contribution in [1.82, 2.24) is 20.2 Å². The maximum Gasteiger partial charge on any atom is 0.362 e. The summed E-state index contributed by atoms with van der Waals surface area (Å²) in [7, 11) is 3.24. The number of hydrogen-bond donors (Lipinski definition) is 2. The second-order valence-electron chi connectivity index (χ2n) is 10.5. The van der Waals surface area contributed by atoms with Gasteiger partial charge in [0.25, 0.3) is 0 Å². The molecule has 2 heterocycles. The van der Waals surface area contributed by atoms with Gasteiger partial charge in [-0.3, -0.25) is 14.7 Å². The molecule has 2 aliphatic heterocycles. The van der Waals surface area contributed by atoms with Gasteiger partial charge in [-0.05, 0) is 49.0 Å². The van der Waals surface area contributed by atoms with Gasteiger partial charge in [0.2, 0.25) is 5.91 Å². The number of benzene rings is 3. The maximum atomic E-state index is 12.9. The number of carbonyl (C=O) groups excluding carboxylic acids is 1. The fraction of sp³-hybridized carbons (Fsp3) is 0.323. The predicted octanol–water partition coefficient (Wildman–Crippen LogP) is 5.27. The molecule has 0 radical (unpaired) electrons. The molecule has 4 unspecified atom stereocenters. The fourth-order valence-corrected chi connectivity index (χ4v) is 6.19. The first-order valence-corrected chi connectivity index (χ1v) is 16.1. The zero-order valence-corrected chi connectivity index (χ0v) is 25.1. The molecule has 8 nitrogen and oxygen atoms in total. The van der Waals surface area contributed by atoms with Crippen LogP contribution in [0.3, 0.4) is 0 Å². The number of nitrogens with zero attached hydrogens (tertiary/aromatic N) is 2. The minimum atomic E-state index is -3.52. The van der Waals surface area contributed by atoms with Crippen LogP contribution in [0, 0.1) is 0 Å². The van der Waals surface area contributed by atoms with Gasteiger partial charge in [-0.15, -0.1) is 0 Å². The summed E-state index contributed by atoms with van der Waals surface area (Å²) in [5.74, 6) is -0.0980. The van der Waals surface area contributed by atoms with Gasteiger partial charge in [0, 0.05) is 24.2 Å². The lowest BCUT2D eigenvalue weighted by Gasteiger charge is -2.40. The number of carbonyl (C=O) groups is 1. The van der Waals surface area contributed by atoms with Gasteiger partial charge in [0.15, 0.2) is 0 Å². The molecular weight excluding hydrogens is 559 g/mol. The minimum absolute atomic E-state index is 0.0183. The smallest absolute Gasteiger partial charge is 0.351 e. The van der Waals surface area contributed by atoms with Crippen molar-refractivity contribution in [1.29, 1.82) is 0 Å². The average Bonchev–Trinajstić information content (AvgIpc) is 3.40. The van der Waals surface area contributed by atoms with Crippen LogP contribution in [-0.4, -0.2) is 61.2 Å². The number of ether oxygens (including phenoxy) is 1. The van der Waals surface area contributed by atoms with Gasteiger partial charge in [0.05, 0.1) is 24.9 Å². The highest BCUT2D eigenvalue weighted by atomic mass is 35.7. The van der Waals surface area contributed by atoms with Crippen molar-refractivity contribution in [2.24, 2.45) is 0 Å². The summed E-state index contributed by atoms with van der Waals surface area (Å²) in [6.45, 7) is -1.40. The third-order valence-corrected chi connectivity index (χ3v) is 10.3. The SMILES string of the molecule is CC1=CN(C2CC(NC(c3ccccc3)(c3ccccc3)c3ccccc3)C(COP(=O)(Cl)N(C)C)O2)CNC1=O. The Bertz CT molecular complexity index is 1310. The van der Waals surface area contributed by atoms with E-state index in [9.17, 15) is 9.36 Å². The molecule has 1 saturated heterocycles. The van der Waals surface area contributed by atoms with E-state index in [1.165, 1.54) is 4.67 Å². The molecule has 4 atom stereocenters. The number of hydrogen-bond acceptors (Lipinski definition) is 6. The van der Waals surface area contributed by atoms with Crippen molar-refractivity contribution in [3.63, 3.8) is 0 Å². The summed E-state index contributed by atoms with van der Waals surface area (Å²) in [6, 6.07) is 30.7. The van der Waals surface area contributed by atoms with Gasteiger partial charge in [0.1, 0.15) is 6.23 Å². The number of amides is 1. The van der Waals surface area contributed by atoms with Crippen LogP contribution in [-0.2, 0) is 24.2 Å². The number of nitrogens with one attached hydrogen (secondary N) is 2. The van der Waals surface area contributed by atoms with E-state index in [0.717, 1.165) is 16.7 Å². The normalized spacial score (nSPS) is 22.8. The first-order valence-electron chi connectivity index (χ1n) is 13.6. The van der Waals surface area contributed by atoms with E-state index in [1.54, 1.807) is 21.0 Å². The van der Waals surface area contributed by atoms with Crippen LogP contribution in [0.25, 0.3) is 0 Å². The second kappa shape index (κ2) is 12.5. The summed E-state index contributed by atoms with van der Waals surface area (Å²) in [5.41, 5.74) is 3.07. The summed E-state index contributed by atoms with van der Waals surface area (Å²) in [5, 5.41) is 6.90. The van der Waals surface area contributed by atoms with E-state index in [4.69, 9.17) is 20.5 Å². The Labute approximate surface area is 246 Å². The van der Waals surface area contributed by atoms with E-state index in [2.05, 4.69) is 47.0 Å². The highest BCUT2D eigenvalue weighted by molar-refractivity contribution is 7.83. The lowest BCUT2D eigenvalue weighted by atomic mass is 9.76. The summed E-state index contributed by atoms with van der Waals surface area (Å²) < 4.78 is 26.7. The molecule has 0 spiro atoms. The van der Waals surface area contributed by atoms with Crippen LogP contribution in [0.2, 0.25) is 0 Å². The summed E-state index contributed by atoms with van der Waals surface area (Å²) in [4.78, 5) is 14.1. The molecule has 3 aromatic carbocycles. The predicted molar refractivity (Wildman–Crippen MR) is 161 cm³/mol. The van der Waals surface area contributed by atoms with Crippen molar-refractivity contribution in [3.05, 3.63) is 119 Å². The Morgan fingerprint density at radius 3 is 1.98 bits per heavy atom. The zero-order chi connectivity index (χ0) is 29.0. The molecule has 10 heteroatoms. The number of rotatable bonds is 10. The van der Waals surface area contributed by atoms with Crippen LogP contribution >= 0.6 is 18.1 Å². The molecule has 0 aromatic heterocycles. The molecule has 1 amide bonds. The van der Waals surface area contributed by atoms with Gasteiger partial charge in [-0.25, -0.2) is 4.67 Å². The maximum absolute atomic E-state index is 12.9. The summed E-state index contributed by atoms with van der Waals surface area (Å²) >= 11 is 6.25. The molecule has 1 fully saturated rings. The summed E-state index contributed by atoms with van der Waals surface area (Å²) in [6.07, 6.45) is 1.56. The van der Waals surface area contributed by atoms with E-state index >= 15 is 0 Å². The molecule has 2 N–H and O–H groups in total. The van der Waals surface area contributed by atoms with Gasteiger partial charge in [-0.1, -0.05) is 91.0 Å². The lowest BCUT2D eigenvalue weighted by molar-refractivity contribution is -0.120. The van der Waals surface area contributed by atoms with E-state index in [0.29, 0.717) is 18.7 Å². The zero-order valence-electron chi connectivity index (χ0n) is 23.4. The van der Waals surface area contributed by atoms with Crippen molar-refractivity contribution < 1.29 is 18.6 Å². The molecule has 0 bridgehead atoms. The second-order valence-corrected chi connectivity index (χ2v) is 13.8. The van der Waals surface area contributed by atoms with Crippen LogP contribution in [0.4, 0.5) is 0 Å². The molecule has 41 heavy (non-hydrogen) atoms. The van der Waals surface area contributed by atoms with Crippen molar-refractivity contribution in [3.8, 4) is 0 Å². The first-order chi connectivity index (χ1) is 19.7. The molecule has 0 saturated carbocycles. The highest BCUT2D eigenvalue weighted by Gasteiger charge is 2.46. The largest absolute Gasteiger partial charge is 0.362 e.